The molecule has 0 amide bonds. The van der Waals surface area contributed by atoms with Crippen LogP contribution in [0.15, 0.2) is 55.9 Å². The summed E-state index contributed by atoms with van der Waals surface area (Å²) in [7, 11) is -1.24. The minimum Gasteiger partial charge on any atom is -0.356 e. The molecule has 6 heteroatoms. The van der Waals surface area contributed by atoms with Crippen molar-refractivity contribution in [2.45, 2.75) is 19.1 Å². The van der Waals surface area contributed by atoms with Crippen LogP contribution in [0.3, 0.4) is 0 Å². The fourth-order valence-electron chi connectivity index (χ4n) is 2.16. The molecule has 0 saturated carbocycles. The Morgan fingerprint density at radius 3 is 2.83 bits per heavy atom. The zero-order chi connectivity index (χ0) is 16.4. The Bertz CT molecular complexity index is 902. The van der Waals surface area contributed by atoms with E-state index >= 15 is 0 Å². The van der Waals surface area contributed by atoms with Crippen LogP contribution in [0.4, 0.5) is 0 Å². The lowest BCUT2D eigenvalue weighted by Gasteiger charge is -2.03. The second-order valence-electron chi connectivity index (χ2n) is 5.32. The average molecular weight is 391 g/mol. The van der Waals surface area contributed by atoms with Crippen LogP contribution in [0, 0.1) is 0 Å². The van der Waals surface area contributed by atoms with Crippen molar-refractivity contribution >= 4 is 44.1 Å². The maximum absolute atomic E-state index is 11.8. The van der Waals surface area contributed by atoms with Crippen LogP contribution in [0.1, 0.15) is 19.4 Å². The van der Waals surface area contributed by atoms with Crippen molar-refractivity contribution in [2.75, 3.05) is 0 Å². The van der Waals surface area contributed by atoms with Crippen molar-refractivity contribution in [3.63, 3.8) is 0 Å². The van der Waals surface area contributed by atoms with Crippen LogP contribution in [0.2, 0.25) is 0 Å². The molecule has 1 heterocycles. The predicted octanol–water partition coefficient (Wildman–Crippen LogP) is 4.75. The molecule has 0 aliphatic heterocycles. The third-order valence-electron chi connectivity index (χ3n) is 3.35. The van der Waals surface area contributed by atoms with Crippen molar-refractivity contribution in [1.82, 2.24) is 5.16 Å². The van der Waals surface area contributed by atoms with Crippen LogP contribution in [0.5, 0.6) is 0 Å². The fraction of sp³-hybridized carbons (Fsp3) is 0.176. The monoisotopic (exact) mass is 390 g/mol. The van der Waals surface area contributed by atoms with Crippen molar-refractivity contribution in [1.29, 1.82) is 0 Å². The number of fused-ring (bicyclic) bond motifs is 1. The van der Waals surface area contributed by atoms with Gasteiger partial charge in [0.15, 0.2) is 5.58 Å². The van der Waals surface area contributed by atoms with Crippen LogP contribution in [-0.2, 0) is 11.0 Å². The molecule has 0 saturated heterocycles. The largest absolute Gasteiger partial charge is 0.356 e. The summed E-state index contributed by atoms with van der Waals surface area (Å²) in [4.78, 5) is 0. The van der Waals surface area contributed by atoms with Gasteiger partial charge in [0.05, 0.1) is 5.25 Å². The summed E-state index contributed by atoms with van der Waals surface area (Å²) >= 11 is 3.42. The molecule has 4 nitrogen and oxygen atoms in total. The molecule has 118 valence electrons. The maximum Gasteiger partial charge on any atom is 0.168 e. The Labute approximate surface area is 145 Å². The SMILES string of the molecule is CC(C)[S@](=O)N=Cc1ccccc1-c1noc2cc(Br)ccc12. The molecule has 0 spiro atoms. The smallest absolute Gasteiger partial charge is 0.168 e. The molecular formula is C17H15BrN2O2S. The molecular weight excluding hydrogens is 376 g/mol. The molecule has 0 N–H and O–H groups in total. The number of aromatic nitrogens is 1. The van der Waals surface area contributed by atoms with Crippen molar-refractivity contribution in [2.24, 2.45) is 4.40 Å². The predicted molar refractivity (Wildman–Crippen MR) is 98.0 cm³/mol. The molecule has 0 fully saturated rings. The van der Waals surface area contributed by atoms with Gasteiger partial charge < -0.3 is 4.52 Å². The molecule has 2 aromatic carbocycles. The highest BCUT2D eigenvalue weighted by atomic mass is 79.9. The quantitative estimate of drug-likeness (QED) is 0.604. The van der Waals surface area contributed by atoms with E-state index < -0.39 is 11.0 Å². The molecule has 3 rings (SSSR count). The highest BCUT2D eigenvalue weighted by Gasteiger charge is 2.13. The topological polar surface area (TPSA) is 55.5 Å². The number of rotatable bonds is 4. The van der Waals surface area contributed by atoms with Gasteiger partial charge in [0.25, 0.3) is 0 Å². The summed E-state index contributed by atoms with van der Waals surface area (Å²) in [6.45, 7) is 3.75. The summed E-state index contributed by atoms with van der Waals surface area (Å²) in [5.74, 6) is 0. The third-order valence-corrected chi connectivity index (χ3v) is 4.96. The molecule has 0 unspecified atom stereocenters. The molecule has 0 radical (unpaired) electrons. The Balaban J connectivity index is 2.07. The van der Waals surface area contributed by atoms with Crippen LogP contribution in [0.25, 0.3) is 22.2 Å². The van der Waals surface area contributed by atoms with Gasteiger partial charge in [0, 0.05) is 27.2 Å². The summed E-state index contributed by atoms with van der Waals surface area (Å²) < 4.78 is 22.3. The van der Waals surface area contributed by atoms with E-state index in [4.69, 9.17) is 4.52 Å². The van der Waals surface area contributed by atoms with Crippen molar-refractivity contribution < 1.29 is 8.73 Å². The number of nitrogens with zero attached hydrogens (tertiary/aromatic N) is 2. The lowest BCUT2D eigenvalue weighted by atomic mass is 10.0. The highest BCUT2D eigenvalue weighted by molar-refractivity contribution is 9.10. The van der Waals surface area contributed by atoms with Gasteiger partial charge >= 0.3 is 0 Å². The Morgan fingerprint density at radius 1 is 1.26 bits per heavy atom. The zero-order valence-electron chi connectivity index (χ0n) is 12.7. The normalized spacial score (nSPS) is 13.2. The Kier molecular flexibility index (Phi) is 4.73. The van der Waals surface area contributed by atoms with Gasteiger partial charge in [-0.15, -0.1) is 0 Å². The summed E-state index contributed by atoms with van der Waals surface area (Å²) in [6.07, 6.45) is 1.64. The van der Waals surface area contributed by atoms with E-state index in [2.05, 4.69) is 25.5 Å². The fourth-order valence-corrected chi connectivity index (χ4v) is 2.96. The molecule has 0 bridgehead atoms. The van der Waals surface area contributed by atoms with Gasteiger partial charge in [-0.2, -0.15) is 4.40 Å². The third kappa shape index (κ3) is 3.43. The van der Waals surface area contributed by atoms with Crippen LogP contribution in [-0.4, -0.2) is 20.8 Å². The van der Waals surface area contributed by atoms with E-state index in [-0.39, 0.29) is 5.25 Å². The van der Waals surface area contributed by atoms with Crippen LogP contribution < -0.4 is 0 Å². The molecule has 0 aliphatic rings. The lowest BCUT2D eigenvalue weighted by Crippen LogP contribution is -2.02. The average Bonchev–Trinajstić information content (AvgIpc) is 2.95. The lowest BCUT2D eigenvalue weighted by molar-refractivity contribution is 0.459. The summed E-state index contributed by atoms with van der Waals surface area (Å²) in [5, 5.41) is 5.12. The molecule has 1 aromatic heterocycles. The maximum atomic E-state index is 11.8. The Morgan fingerprint density at radius 2 is 2.04 bits per heavy atom. The first kappa shape index (κ1) is 16.1. The van der Waals surface area contributed by atoms with E-state index in [0.29, 0.717) is 5.58 Å². The van der Waals surface area contributed by atoms with E-state index in [1.165, 1.54) is 0 Å². The van der Waals surface area contributed by atoms with Gasteiger partial charge in [-0.25, -0.2) is 4.21 Å². The minimum absolute atomic E-state index is 0.0105. The summed E-state index contributed by atoms with van der Waals surface area (Å²) in [5.41, 5.74) is 3.23. The first-order chi connectivity index (χ1) is 11.1. The first-order valence-corrected chi connectivity index (χ1v) is 9.11. The van der Waals surface area contributed by atoms with Crippen molar-refractivity contribution in [3.05, 3.63) is 52.5 Å². The number of benzene rings is 2. The molecule has 3 aromatic rings. The van der Waals surface area contributed by atoms with Gasteiger partial charge in [-0.3, -0.25) is 0 Å². The molecule has 23 heavy (non-hydrogen) atoms. The standard InChI is InChI=1S/C17H15BrN2O2S/c1-11(2)23(21)19-10-12-5-3-4-6-14(12)17-15-8-7-13(18)9-16(15)22-20-17/h3-11H,1-2H3/t23-/m0/s1. The van der Waals surface area contributed by atoms with Gasteiger partial charge in [0.1, 0.15) is 16.7 Å². The van der Waals surface area contributed by atoms with E-state index in [0.717, 1.165) is 26.7 Å². The van der Waals surface area contributed by atoms with Crippen molar-refractivity contribution in [3.8, 4) is 11.3 Å². The zero-order valence-corrected chi connectivity index (χ0v) is 15.1. The number of halogens is 1. The van der Waals surface area contributed by atoms with E-state index in [1.807, 2.05) is 56.3 Å². The van der Waals surface area contributed by atoms with Crippen LogP contribution >= 0.6 is 15.9 Å². The number of hydrogen-bond acceptors (Lipinski definition) is 3. The van der Waals surface area contributed by atoms with E-state index in [9.17, 15) is 4.21 Å². The number of hydrogen-bond donors (Lipinski definition) is 0. The second-order valence-corrected chi connectivity index (χ2v) is 7.94. The van der Waals surface area contributed by atoms with Gasteiger partial charge in [0.2, 0.25) is 0 Å². The molecule has 0 aliphatic carbocycles. The first-order valence-electron chi connectivity index (χ1n) is 7.15. The van der Waals surface area contributed by atoms with Gasteiger partial charge in [-0.05, 0) is 32.0 Å². The molecule has 1 atom stereocenters. The van der Waals surface area contributed by atoms with Gasteiger partial charge in [-0.1, -0.05) is 45.4 Å². The minimum atomic E-state index is -1.24. The Hall–Kier alpha value is -1.79. The van der Waals surface area contributed by atoms with E-state index in [1.54, 1.807) is 6.21 Å². The summed E-state index contributed by atoms with van der Waals surface area (Å²) in [6, 6.07) is 13.5. The second kappa shape index (κ2) is 6.76. The highest BCUT2D eigenvalue weighted by Crippen LogP contribution is 2.31.